The van der Waals surface area contributed by atoms with Crippen molar-refractivity contribution in [3.63, 3.8) is 0 Å². The highest BCUT2D eigenvalue weighted by atomic mass is 16.1. The van der Waals surface area contributed by atoms with Crippen LogP contribution < -0.4 is 0 Å². The van der Waals surface area contributed by atoms with Crippen LogP contribution in [0.2, 0.25) is 0 Å². The molecule has 0 saturated carbocycles. The zero-order chi connectivity index (χ0) is 14.4. The molecule has 1 aliphatic heterocycles. The van der Waals surface area contributed by atoms with Crippen molar-refractivity contribution in [3.05, 3.63) is 35.9 Å². The van der Waals surface area contributed by atoms with Crippen LogP contribution in [0, 0.1) is 5.92 Å². The Kier molecular flexibility index (Phi) is 5.74. The molecule has 0 spiro atoms. The SMILES string of the molecule is CN(C)CC1CCN(CCC(=O)c2ccccc2)CC1. The maximum absolute atomic E-state index is 12.1. The lowest BCUT2D eigenvalue weighted by molar-refractivity contribution is 0.0947. The molecule has 0 amide bonds. The number of carbonyl (C=O) groups is 1. The summed E-state index contributed by atoms with van der Waals surface area (Å²) in [6, 6.07) is 9.63. The van der Waals surface area contributed by atoms with Crippen LogP contribution >= 0.6 is 0 Å². The zero-order valence-electron chi connectivity index (χ0n) is 12.7. The first-order valence-electron chi connectivity index (χ1n) is 7.60. The van der Waals surface area contributed by atoms with Crippen LogP contribution in [-0.2, 0) is 0 Å². The molecule has 1 saturated heterocycles. The van der Waals surface area contributed by atoms with E-state index in [9.17, 15) is 4.79 Å². The third-order valence-corrected chi connectivity index (χ3v) is 4.08. The maximum atomic E-state index is 12.1. The van der Waals surface area contributed by atoms with Crippen LogP contribution in [0.15, 0.2) is 30.3 Å². The van der Waals surface area contributed by atoms with Gasteiger partial charge in [0.2, 0.25) is 0 Å². The lowest BCUT2D eigenvalue weighted by Crippen LogP contribution is -2.38. The molecule has 1 aliphatic rings. The quantitative estimate of drug-likeness (QED) is 0.745. The number of rotatable bonds is 6. The van der Waals surface area contributed by atoms with Gasteiger partial charge in [0, 0.05) is 25.1 Å². The second kappa shape index (κ2) is 7.55. The maximum Gasteiger partial charge on any atom is 0.164 e. The number of hydrogen-bond acceptors (Lipinski definition) is 3. The molecule has 0 N–H and O–H groups in total. The average Bonchev–Trinajstić information content (AvgIpc) is 2.46. The first-order chi connectivity index (χ1) is 9.65. The van der Waals surface area contributed by atoms with E-state index in [0.717, 1.165) is 31.1 Å². The Morgan fingerprint density at radius 3 is 2.45 bits per heavy atom. The molecule has 0 aromatic heterocycles. The number of carbonyl (C=O) groups excluding carboxylic acids is 1. The van der Waals surface area contributed by atoms with E-state index in [4.69, 9.17) is 0 Å². The highest BCUT2D eigenvalue weighted by Crippen LogP contribution is 2.18. The van der Waals surface area contributed by atoms with Crippen molar-refractivity contribution in [2.75, 3.05) is 40.3 Å². The third kappa shape index (κ3) is 4.73. The number of ketones is 1. The number of Topliss-reactive ketones (excluding diaryl/α,β-unsaturated/α-hetero) is 1. The summed E-state index contributed by atoms with van der Waals surface area (Å²) in [4.78, 5) is 16.8. The second-order valence-corrected chi connectivity index (χ2v) is 6.09. The van der Waals surface area contributed by atoms with Crippen LogP contribution in [0.5, 0.6) is 0 Å². The van der Waals surface area contributed by atoms with Crippen molar-refractivity contribution < 1.29 is 4.79 Å². The molecule has 1 aromatic carbocycles. The molecule has 0 unspecified atom stereocenters. The Morgan fingerprint density at radius 2 is 1.85 bits per heavy atom. The monoisotopic (exact) mass is 274 g/mol. The van der Waals surface area contributed by atoms with Crippen molar-refractivity contribution in [3.8, 4) is 0 Å². The van der Waals surface area contributed by atoms with Gasteiger partial charge in [-0.1, -0.05) is 30.3 Å². The molecule has 3 nitrogen and oxygen atoms in total. The van der Waals surface area contributed by atoms with E-state index >= 15 is 0 Å². The van der Waals surface area contributed by atoms with Gasteiger partial charge in [-0.25, -0.2) is 0 Å². The summed E-state index contributed by atoms with van der Waals surface area (Å²) in [6.45, 7) is 4.38. The largest absolute Gasteiger partial charge is 0.309 e. The van der Waals surface area contributed by atoms with Crippen LogP contribution in [0.4, 0.5) is 0 Å². The van der Waals surface area contributed by atoms with Crippen molar-refractivity contribution in [1.29, 1.82) is 0 Å². The summed E-state index contributed by atoms with van der Waals surface area (Å²) in [5.74, 6) is 1.09. The summed E-state index contributed by atoms with van der Waals surface area (Å²) in [5, 5.41) is 0. The van der Waals surface area contributed by atoms with Gasteiger partial charge in [-0.05, 0) is 45.9 Å². The van der Waals surface area contributed by atoms with Crippen LogP contribution in [0.3, 0.4) is 0 Å². The van der Waals surface area contributed by atoms with Gasteiger partial charge >= 0.3 is 0 Å². The van der Waals surface area contributed by atoms with Gasteiger partial charge in [0.05, 0.1) is 0 Å². The van der Waals surface area contributed by atoms with E-state index in [1.165, 1.54) is 19.4 Å². The minimum atomic E-state index is 0.265. The fourth-order valence-corrected chi connectivity index (χ4v) is 2.94. The minimum absolute atomic E-state index is 0.265. The van der Waals surface area contributed by atoms with Crippen LogP contribution in [-0.4, -0.2) is 55.9 Å². The van der Waals surface area contributed by atoms with Crippen molar-refractivity contribution in [1.82, 2.24) is 9.80 Å². The van der Waals surface area contributed by atoms with Gasteiger partial charge in [-0.3, -0.25) is 4.79 Å². The molecule has 0 atom stereocenters. The number of nitrogens with zero attached hydrogens (tertiary/aromatic N) is 2. The lowest BCUT2D eigenvalue weighted by Gasteiger charge is -2.33. The Balaban J connectivity index is 1.70. The smallest absolute Gasteiger partial charge is 0.164 e. The van der Waals surface area contributed by atoms with Crippen molar-refractivity contribution in [2.24, 2.45) is 5.92 Å². The van der Waals surface area contributed by atoms with E-state index in [2.05, 4.69) is 23.9 Å². The van der Waals surface area contributed by atoms with Crippen LogP contribution in [0.1, 0.15) is 29.6 Å². The number of benzene rings is 1. The van der Waals surface area contributed by atoms with Gasteiger partial charge in [0.25, 0.3) is 0 Å². The van der Waals surface area contributed by atoms with Gasteiger partial charge in [-0.2, -0.15) is 0 Å². The van der Waals surface area contributed by atoms with Gasteiger partial charge in [-0.15, -0.1) is 0 Å². The standard InChI is InChI=1S/C17H26N2O/c1-18(2)14-15-8-11-19(12-9-15)13-10-17(20)16-6-4-3-5-7-16/h3-7,15H,8-14H2,1-2H3. The first-order valence-corrected chi connectivity index (χ1v) is 7.60. The lowest BCUT2D eigenvalue weighted by atomic mass is 9.96. The minimum Gasteiger partial charge on any atom is -0.309 e. The van der Waals surface area contributed by atoms with Gasteiger partial charge in [0.1, 0.15) is 0 Å². The Morgan fingerprint density at radius 1 is 1.20 bits per heavy atom. The van der Waals surface area contributed by atoms with Crippen LogP contribution in [0.25, 0.3) is 0 Å². The Bertz CT molecular complexity index is 408. The zero-order valence-corrected chi connectivity index (χ0v) is 12.7. The van der Waals surface area contributed by atoms with Crippen molar-refractivity contribution >= 4 is 5.78 Å². The Hall–Kier alpha value is -1.19. The molecule has 0 bridgehead atoms. The molecule has 0 radical (unpaired) electrons. The highest BCUT2D eigenvalue weighted by Gasteiger charge is 2.20. The average molecular weight is 274 g/mol. The molecule has 110 valence electrons. The van der Waals surface area contributed by atoms with E-state index in [-0.39, 0.29) is 5.78 Å². The Labute approximate surface area is 122 Å². The van der Waals surface area contributed by atoms with E-state index < -0.39 is 0 Å². The number of piperidine rings is 1. The third-order valence-electron chi connectivity index (χ3n) is 4.08. The second-order valence-electron chi connectivity index (χ2n) is 6.09. The molecule has 0 aliphatic carbocycles. The number of likely N-dealkylation sites (tertiary alicyclic amines) is 1. The predicted molar refractivity (Wildman–Crippen MR) is 83.1 cm³/mol. The molecule has 2 rings (SSSR count). The summed E-state index contributed by atoms with van der Waals surface area (Å²) < 4.78 is 0. The van der Waals surface area contributed by atoms with E-state index in [1.807, 2.05) is 30.3 Å². The molecular weight excluding hydrogens is 248 g/mol. The highest BCUT2D eigenvalue weighted by molar-refractivity contribution is 5.96. The molecular formula is C17H26N2O. The van der Waals surface area contributed by atoms with Gasteiger partial charge in [0.15, 0.2) is 5.78 Å². The summed E-state index contributed by atoms with van der Waals surface area (Å²) in [5.41, 5.74) is 0.843. The van der Waals surface area contributed by atoms with E-state index in [1.54, 1.807) is 0 Å². The molecule has 3 heteroatoms. The molecule has 1 fully saturated rings. The fraction of sp³-hybridized carbons (Fsp3) is 0.588. The topological polar surface area (TPSA) is 23.6 Å². The van der Waals surface area contributed by atoms with E-state index in [0.29, 0.717) is 6.42 Å². The number of hydrogen-bond donors (Lipinski definition) is 0. The fourth-order valence-electron chi connectivity index (χ4n) is 2.94. The molecule has 20 heavy (non-hydrogen) atoms. The predicted octanol–water partition coefficient (Wildman–Crippen LogP) is 2.53. The summed E-state index contributed by atoms with van der Waals surface area (Å²) in [6.07, 6.45) is 3.16. The first kappa shape index (κ1) is 15.2. The summed E-state index contributed by atoms with van der Waals surface area (Å²) in [7, 11) is 4.29. The normalized spacial score (nSPS) is 17.6. The molecule has 1 heterocycles. The van der Waals surface area contributed by atoms with Gasteiger partial charge < -0.3 is 9.80 Å². The summed E-state index contributed by atoms with van der Waals surface area (Å²) >= 11 is 0. The van der Waals surface area contributed by atoms with Crippen molar-refractivity contribution in [2.45, 2.75) is 19.3 Å². The molecule has 1 aromatic rings.